The molecule has 0 saturated carbocycles. The highest BCUT2D eigenvalue weighted by molar-refractivity contribution is 7.91. The van der Waals surface area contributed by atoms with Crippen LogP contribution in [0, 0.1) is 0 Å². The summed E-state index contributed by atoms with van der Waals surface area (Å²) in [7, 11) is -3.07. The minimum absolute atomic E-state index is 0.000604. The molecule has 124 valence electrons. The maximum atomic E-state index is 12.2. The molecule has 0 aliphatic carbocycles. The number of sulfone groups is 1. The lowest BCUT2D eigenvalue weighted by Gasteiger charge is -2.32. The van der Waals surface area contributed by atoms with Crippen molar-refractivity contribution in [2.75, 3.05) is 24.6 Å². The first-order valence-corrected chi connectivity index (χ1v) is 10.5. The van der Waals surface area contributed by atoms with Crippen LogP contribution in [-0.4, -0.2) is 50.0 Å². The third-order valence-electron chi connectivity index (χ3n) is 4.11. The summed E-state index contributed by atoms with van der Waals surface area (Å²) in [5.74, 6) is 0.646. The summed E-state index contributed by atoms with van der Waals surface area (Å²) >= 11 is 1.71. The van der Waals surface area contributed by atoms with E-state index in [1.54, 1.807) is 30.1 Å². The number of urea groups is 1. The SMILES string of the molecule is CCS(=O)(=O)C[C@@H](C)NC(=O)N1CCC(c2ccsc2)CC1. The Morgan fingerprint density at radius 2 is 2.14 bits per heavy atom. The zero-order chi connectivity index (χ0) is 16.2. The van der Waals surface area contributed by atoms with Gasteiger partial charge in [0, 0.05) is 24.9 Å². The van der Waals surface area contributed by atoms with Gasteiger partial charge in [-0.1, -0.05) is 6.92 Å². The van der Waals surface area contributed by atoms with E-state index >= 15 is 0 Å². The molecule has 1 aromatic rings. The summed E-state index contributed by atoms with van der Waals surface area (Å²) in [6, 6.07) is 1.65. The first-order chi connectivity index (χ1) is 10.4. The molecule has 1 aliphatic rings. The van der Waals surface area contributed by atoms with Gasteiger partial charge >= 0.3 is 6.03 Å². The maximum absolute atomic E-state index is 12.2. The Labute approximate surface area is 136 Å². The minimum atomic E-state index is -3.07. The minimum Gasteiger partial charge on any atom is -0.335 e. The monoisotopic (exact) mass is 344 g/mol. The van der Waals surface area contributed by atoms with Gasteiger partial charge in [-0.25, -0.2) is 13.2 Å². The number of nitrogens with one attached hydrogen (secondary N) is 1. The Hall–Kier alpha value is -1.08. The zero-order valence-electron chi connectivity index (χ0n) is 13.1. The van der Waals surface area contributed by atoms with Gasteiger partial charge < -0.3 is 10.2 Å². The number of hydrogen-bond donors (Lipinski definition) is 1. The summed E-state index contributed by atoms with van der Waals surface area (Å²) < 4.78 is 23.2. The smallest absolute Gasteiger partial charge is 0.317 e. The maximum Gasteiger partial charge on any atom is 0.317 e. The van der Waals surface area contributed by atoms with Gasteiger partial charge in [0.05, 0.1) is 5.75 Å². The first-order valence-electron chi connectivity index (χ1n) is 7.69. The molecule has 0 radical (unpaired) electrons. The number of carbonyl (C=O) groups is 1. The third-order valence-corrected chi connectivity index (χ3v) is 6.70. The van der Waals surface area contributed by atoms with Crippen LogP contribution in [0.1, 0.15) is 38.2 Å². The summed E-state index contributed by atoms with van der Waals surface area (Å²) in [5, 5.41) is 7.07. The first kappa shape index (κ1) is 17.3. The molecule has 1 atom stereocenters. The van der Waals surface area contributed by atoms with Crippen molar-refractivity contribution in [2.24, 2.45) is 0 Å². The second-order valence-corrected chi connectivity index (χ2v) is 9.05. The standard InChI is InChI=1S/C15H24N2O3S2/c1-3-22(19,20)11-12(2)16-15(18)17-7-4-13(5-8-17)14-6-9-21-10-14/h6,9-10,12-13H,3-5,7-8,11H2,1-2H3,(H,16,18)/t12-/m1/s1. The van der Waals surface area contributed by atoms with Crippen LogP contribution in [0.3, 0.4) is 0 Å². The molecule has 1 saturated heterocycles. The highest BCUT2D eigenvalue weighted by Crippen LogP contribution is 2.29. The van der Waals surface area contributed by atoms with Crippen LogP contribution in [-0.2, 0) is 9.84 Å². The van der Waals surface area contributed by atoms with Crippen LogP contribution in [0.15, 0.2) is 16.8 Å². The van der Waals surface area contributed by atoms with E-state index in [2.05, 4.69) is 22.1 Å². The molecule has 0 bridgehead atoms. The molecule has 1 fully saturated rings. The third kappa shape index (κ3) is 4.71. The quantitative estimate of drug-likeness (QED) is 0.892. The van der Waals surface area contributed by atoms with E-state index in [0.29, 0.717) is 5.92 Å². The van der Waals surface area contributed by atoms with Crippen molar-refractivity contribution >= 4 is 27.2 Å². The predicted molar refractivity (Wildman–Crippen MR) is 90.2 cm³/mol. The van der Waals surface area contributed by atoms with Gasteiger partial charge in [-0.3, -0.25) is 0 Å². The fraction of sp³-hybridized carbons (Fsp3) is 0.667. The van der Waals surface area contributed by atoms with E-state index in [4.69, 9.17) is 0 Å². The van der Waals surface area contributed by atoms with E-state index in [0.717, 1.165) is 25.9 Å². The fourth-order valence-electron chi connectivity index (χ4n) is 2.77. The summed E-state index contributed by atoms with van der Waals surface area (Å²) in [5.41, 5.74) is 1.37. The number of amides is 2. The molecule has 1 aliphatic heterocycles. The second kappa shape index (κ2) is 7.46. The lowest BCUT2D eigenvalue weighted by Crippen LogP contribution is -2.48. The van der Waals surface area contributed by atoms with Gasteiger partial charge in [-0.05, 0) is 48.1 Å². The van der Waals surface area contributed by atoms with E-state index in [1.165, 1.54) is 5.56 Å². The summed E-state index contributed by atoms with van der Waals surface area (Å²) in [6.45, 7) is 4.81. The lowest BCUT2D eigenvalue weighted by molar-refractivity contribution is 0.179. The van der Waals surface area contributed by atoms with Crippen LogP contribution in [0.2, 0.25) is 0 Å². The molecular weight excluding hydrogens is 320 g/mol. The van der Waals surface area contributed by atoms with Crippen LogP contribution >= 0.6 is 11.3 Å². The number of hydrogen-bond acceptors (Lipinski definition) is 4. The zero-order valence-corrected chi connectivity index (χ0v) is 14.8. The largest absolute Gasteiger partial charge is 0.335 e. The number of nitrogens with zero attached hydrogens (tertiary/aromatic N) is 1. The van der Waals surface area contributed by atoms with Gasteiger partial charge in [-0.15, -0.1) is 0 Å². The van der Waals surface area contributed by atoms with Gasteiger partial charge in [0.25, 0.3) is 0 Å². The van der Waals surface area contributed by atoms with Crippen molar-refractivity contribution in [1.82, 2.24) is 10.2 Å². The summed E-state index contributed by atoms with van der Waals surface area (Å²) in [4.78, 5) is 14.0. The molecule has 2 heterocycles. The second-order valence-electron chi connectivity index (χ2n) is 5.87. The lowest BCUT2D eigenvalue weighted by atomic mass is 9.91. The molecule has 1 aromatic heterocycles. The molecule has 7 heteroatoms. The van der Waals surface area contributed by atoms with Gasteiger partial charge in [0.15, 0.2) is 9.84 Å². The van der Waals surface area contributed by atoms with Crippen molar-refractivity contribution in [3.8, 4) is 0 Å². The van der Waals surface area contributed by atoms with Crippen LogP contribution in [0.25, 0.3) is 0 Å². The van der Waals surface area contributed by atoms with Gasteiger partial charge in [0.2, 0.25) is 0 Å². The number of likely N-dealkylation sites (tertiary alicyclic amines) is 1. The van der Waals surface area contributed by atoms with Crippen LogP contribution in [0.5, 0.6) is 0 Å². The van der Waals surface area contributed by atoms with E-state index in [9.17, 15) is 13.2 Å². The topological polar surface area (TPSA) is 66.5 Å². The molecule has 0 spiro atoms. The molecule has 2 amide bonds. The van der Waals surface area contributed by atoms with Crippen LogP contribution in [0.4, 0.5) is 4.79 Å². The highest BCUT2D eigenvalue weighted by atomic mass is 32.2. The Morgan fingerprint density at radius 1 is 1.45 bits per heavy atom. The molecule has 1 N–H and O–H groups in total. The fourth-order valence-corrected chi connectivity index (χ4v) is 4.59. The highest BCUT2D eigenvalue weighted by Gasteiger charge is 2.25. The molecule has 5 nitrogen and oxygen atoms in total. The van der Waals surface area contributed by atoms with Crippen molar-refractivity contribution in [3.05, 3.63) is 22.4 Å². The van der Waals surface area contributed by atoms with Crippen molar-refractivity contribution < 1.29 is 13.2 Å². The Kier molecular flexibility index (Phi) is 5.86. The number of thiophene rings is 1. The number of piperidine rings is 1. The molecule has 0 aromatic carbocycles. The number of carbonyl (C=O) groups excluding carboxylic acids is 1. The van der Waals surface area contributed by atoms with Crippen LogP contribution < -0.4 is 5.32 Å². The number of rotatable bonds is 5. The van der Waals surface area contributed by atoms with E-state index in [-0.39, 0.29) is 23.6 Å². The van der Waals surface area contributed by atoms with E-state index < -0.39 is 9.84 Å². The Bertz CT molecular complexity index is 576. The van der Waals surface area contributed by atoms with Crippen molar-refractivity contribution in [1.29, 1.82) is 0 Å². The molecule has 22 heavy (non-hydrogen) atoms. The Balaban J connectivity index is 1.80. The average molecular weight is 345 g/mol. The average Bonchev–Trinajstić information content (AvgIpc) is 3.01. The van der Waals surface area contributed by atoms with E-state index in [1.807, 2.05) is 0 Å². The van der Waals surface area contributed by atoms with Gasteiger partial charge in [0.1, 0.15) is 0 Å². The molecule has 2 rings (SSSR count). The molecular formula is C15H24N2O3S2. The Morgan fingerprint density at radius 3 is 2.68 bits per heavy atom. The van der Waals surface area contributed by atoms with Crippen molar-refractivity contribution in [2.45, 2.75) is 38.6 Å². The summed E-state index contributed by atoms with van der Waals surface area (Å²) in [6.07, 6.45) is 1.93. The normalized spacial score (nSPS) is 18.2. The molecule has 0 unspecified atom stereocenters. The van der Waals surface area contributed by atoms with Gasteiger partial charge in [-0.2, -0.15) is 11.3 Å². The van der Waals surface area contributed by atoms with Crippen molar-refractivity contribution in [3.63, 3.8) is 0 Å². The predicted octanol–water partition coefficient (Wildman–Crippen LogP) is 2.46.